The Labute approximate surface area is 221 Å². The van der Waals surface area contributed by atoms with Crippen LogP contribution < -0.4 is 0 Å². The van der Waals surface area contributed by atoms with Gasteiger partial charge in [-0.25, -0.2) is 14.6 Å². The molecular weight excluding hydrogens is 523 g/mol. The number of aromatic nitrogens is 2. The van der Waals surface area contributed by atoms with Gasteiger partial charge in [0.1, 0.15) is 5.82 Å². The van der Waals surface area contributed by atoms with Crippen LogP contribution in [-0.4, -0.2) is 32.1 Å². The van der Waals surface area contributed by atoms with Crippen molar-refractivity contribution in [2.45, 2.75) is 0 Å². The standard InChI is InChI=1S/C27H17Cl3N2O4/c28-19-13-20(24(30)21(29)14-19)27-31-25(17-7-1-15(2-8-17)5-11-22(33)34)26(32-27)18-9-3-16(4-10-18)6-12-23(35)36/h1-14H,(H,31,32)(H,33,34)(H,35,36)/b11-5+,12-6+. The van der Waals surface area contributed by atoms with Crippen molar-refractivity contribution in [2.75, 3.05) is 0 Å². The zero-order chi connectivity index (χ0) is 25.8. The van der Waals surface area contributed by atoms with Crippen molar-refractivity contribution >= 4 is 58.9 Å². The summed E-state index contributed by atoms with van der Waals surface area (Å²) in [5, 5.41) is 18.7. The minimum absolute atomic E-state index is 0.294. The number of rotatable bonds is 7. The number of hydrogen-bond acceptors (Lipinski definition) is 3. The van der Waals surface area contributed by atoms with Gasteiger partial charge in [-0.2, -0.15) is 0 Å². The summed E-state index contributed by atoms with van der Waals surface area (Å²) >= 11 is 18.9. The Bertz CT molecular complexity index is 1420. The Morgan fingerprint density at radius 2 is 1.31 bits per heavy atom. The average molecular weight is 540 g/mol. The van der Waals surface area contributed by atoms with Gasteiger partial charge in [-0.05, 0) is 35.4 Å². The van der Waals surface area contributed by atoms with Gasteiger partial charge in [0.15, 0.2) is 0 Å². The maximum absolute atomic E-state index is 10.8. The molecule has 180 valence electrons. The molecule has 1 aromatic heterocycles. The van der Waals surface area contributed by atoms with Crippen LogP contribution in [-0.2, 0) is 9.59 Å². The van der Waals surface area contributed by atoms with Crippen molar-refractivity contribution < 1.29 is 19.8 Å². The van der Waals surface area contributed by atoms with Crippen LogP contribution in [0.25, 0.3) is 46.1 Å². The summed E-state index contributed by atoms with van der Waals surface area (Å²) in [5.74, 6) is -1.60. The molecule has 0 aliphatic carbocycles. The van der Waals surface area contributed by atoms with Gasteiger partial charge in [-0.1, -0.05) is 83.3 Å². The van der Waals surface area contributed by atoms with Crippen molar-refractivity contribution in [3.63, 3.8) is 0 Å². The van der Waals surface area contributed by atoms with Gasteiger partial charge in [0.05, 0.1) is 21.4 Å². The fraction of sp³-hybridized carbons (Fsp3) is 0. The second-order valence-corrected chi connectivity index (χ2v) is 8.87. The summed E-state index contributed by atoms with van der Waals surface area (Å²) in [6.45, 7) is 0. The van der Waals surface area contributed by atoms with E-state index < -0.39 is 11.9 Å². The fourth-order valence-electron chi connectivity index (χ4n) is 3.49. The van der Waals surface area contributed by atoms with Crippen LogP contribution in [0.15, 0.2) is 72.8 Å². The number of nitrogens with one attached hydrogen (secondary N) is 1. The number of carboxylic acids is 2. The maximum Gasteiger partial charge on any atom is 0.328 e. The molecule has 4 rings (SSSR count). The number of aliphatic carboxylic acids is 2. The molecule has 3 aromatic carbocycles. The van der Waals surface area contributed by atoms with Crippen molar-refractivity contribution in [2.24, 2.45) is 0 Å². The van der Waals surface area contributed by atoms with E-state index in [1.807, 2.05) is 24.3 Å². The summed E-state index contributed by atoms with van der Waals surface area (Å²) < 4.78 is 0. The average Bonchev–Trinajstić information content (AvgIpc) is 3.29. The highest BCUT2D eigenvalue weighted by molar-refractivity contribution is 6.45. The molecule has 0 bridgehead atoms. The zero-order valence-corrected chi connectivity index (χ0v) is 20.6. The van der Waals surface area contributed by atoms with Crippen LogP contribution in [0.1, 0.15) is 11.1 Å². The van der Waals surface area contributed by atoms with Gasteiger partial charge >= 0.3 is 11.9 Å². The predicted octanol–water partition coefficient (Wildman–Crippen LogP) is 7.57. The number of aromatic amines is 1. The first kappa shape index (κ1) is 25.3. The molecule has 0 unspecified atom stereocenters. The maximum atomic E-state index is 10.8. The molecule has 0 saturated heterocycles. The van der Waals surface area contributed by atoms with Crippen molar-refractivity contribution in [3.05, 3.63) is 99.0 Å². The van der Waals surface area contributed by atoms with Crippen molar-refractivity contribution in [1.82, 2.24) is 9.97 Å². The third-order valence-corrected chi connectivity index (χ3v) is 6.19. The molecule has 0 saturated carbocycles. The van der Waals surface area contributed by atoms with Crippen LogP contribution in [0.2, 0.25) is 15.1 Å². The predicted molar refractivity (Wildman–Crippen MR) is 143 cm³/mol. The Morgan fingerprint density at radius 3 is 1.83 bits per heavy atom. The normalized spacial score (nSPS) is 11.4. The van der Waals surface area contributed by atoms with Crippen LogP contribution in [0, 0.1) is 0 Å². The van der Waals surface area contributed by atoms with Gasteiger partial charge in [0.2, 0.25) is 0 Å². The molecule has 0 amide bonds. The number of nitrogens with zero attached hydrogens (tertiary/aromatic N) is 1. The second-order valence-electron chi connectivity index (χ2n) is 7.65. The molecule has 4 aromatic rings. The van der Waals surface area contributed by atoms with E-state index >= 15 is 0 Å². The zero-order valence-electron chi connectivity index (χ0n) is 18.4. The fourth-order valence-corrected chi connectivity index (χ4v) is 4.19. The molecule has 0 atom stereocenters. The quantitative estimate of drug-likeness (QED) is 0.166. The van der Waals surface area contributed by atoms with E-state index in [1.165, 1.54) is 12.2 Å². The molecule has 6 nitrogen and oxygen atoms in total. The van der Waals surface area contributed by atoms with Gasteiger partial charge in [-0.15, -0.1) is 0 Å². The Balaban J connectivity index is 1.82. The first-order valence-corrected chi connectivity index (χ1v) is 11.6. The van der Waals surface area contributed by atoms with E-state index in [0.29, 0.717) is 37.8 Å². The minimum atomic E-state index is -1.03. The van der Waals surface area contributed by atoms with Crippen LogP contribution in [0.5, 0.6) is 0 Å². The summed E-state index contributed by atoms with van der Waals surface area (Å²) in [7, 11) is 0. The van der Waals surface area contributed by atoms with Crippen molar-refractivity contribution in [3.8, 4) is 33.9 Å². The number of benzene rings is 3. The highest BCUT2D eigenvalue weighted by atomic mass is 35.5. The summed E-state index contributed by atoms with van der Waals surface area (Å²) in [5.41, 5.74) is 4.87. The Kier molecular flexibility index (Phi) is 7.60. The molecular formula is C27H17Cl3N2O4. The molecule has 0 aliphatic rings. The van der Waals surface area contributed by atoms with Gasteiger partial charge < -0.3 is 15.2 Å². The second kappa shape index (κ2) is 10.8. The van der Waals surface area contributed by atoms with Crippen LogP contribution in [0.3, 0.4) is 0 Å². The minimum Gasteiger partial charge on any atom is -0.478 e. The number of carbonyl (C=O) groups is 2. The highest BCUT2D eigenvalue weighted by Crippen LogP contribution is 2.39. The van der Waals surface area contributed by atoms with Gasteiger partial charge in [-0.3, -0.25) is 0 Å². The van der Waals surface area contributed by atoms with E-state index in [2.05, 4.69) is 4.98 Å². The monoisotopic (exact) mass is 538 g/mol. The molecule has 36 heavy (non-hydrogen) atoms. The van der Waals surface area contributed by atoms with E-state index in [4.69, 9.17) is 50.0 Å². The summed E-state index contributed by atoms with van der Waals surface area (Å²) in [4.78, 5) is 29.7. The topological polar surface area (TPSA) is 103 Å². The van der Waals surface area contributed by atoms with E-state index in [-0.39, 0.29) is 0 Å². The third-order valence-electron chi connectivity index (χ3n) is 5.17. The number of hydrogen-bond donors (Lipinski definition) is 3. The van der Waals surface area contributed by atoms with E-state index in [0.717, 1.165) is 34.4 Å². The molecule has 1 heterocycles. The third kappa shape index (κ3) is 5.86. The molecule has 0 aliphatic heterocycles. The molecule has 0 fully saturated rings. The Hall–Kier alpha value is -3.84. The van der Waals surface area contributed by atoms with Crippen LogP contribution >= 0.6 is 34.8 Å². The molecule has 3 N–H and O–H groups in total. The van der Waals surface area contributed by atoms with Gasteiger partial charge in [0.25, 0.3) is 0 Å². The number of imidazole rings is 1. The lowest BCUT2D eigenvalue weighted by molar-refractivity contribution is -0.132. The van der Waals surface area contributed by atoms with Crippen LogP contribution in [0.4, 0.5) is 0 Å². The molecule has 9 heteroatoms. The molecule has 0 spiro atoms. The SMILES string of the molecule is O=C(O)/C=C/c1ccc(-c2nc(-c3cc(Cl)cc(Cl)c3Cl)[nH]c2-c2ccc(/C=C/C(=O)O)cc2)cc1. The lowest BCUT2D eigenvalue weighted by Gasteiger charge is -2.05. The Morgan fingerprint density at radius 1 is 0.778 bits per heavy atom. The highest BCUT2D eigenvalue weighted by Gasteiger charge is 2.18. The van der Waals surface area contributed by atoms with Crippen molar-refractivity contribution in [1.29, 1.82) is 0 Å². The first-order chi connectivity index (χ1) is 17.2. The molecule has 0 radical (unpaired) electrons. The van der Waals surface area contributed by atoms with E-state index in [1.54, 1.807) is 36.4 Å². The number of halogens is 3. The van der Waals surface area contributed by atoms with Gasteiger partial charge in [0, 0.05) is 33.9 Å². The summed E-state index contributed by atoms with van der Waals surface area (Å²) in [6, 6.07) is 17.7. The lowest BCUT2D eigenvalue weighted by Crippen LogP contribution is -1.87. The lowest BCUT2D eigenvalue weighted by atomic mass is 10.0. The van der Waals surface area contributed by atoms with E-state index in [9.17, 15) is 9.59 Å². The smallest absolute Gasteiger partial charge is 0.328 e. The first-order valence-electron chi connectivity index (χ1n) is 10.5. The summed E-state index contributed by atoms with van der Waals surface area (Å²) in [6.07, 6.45) is 5.14. The number of H-pyrrole nitrogens is 1. The number of carboxylic acid groups (broad SMARTS) is 2. The largest absolute Gasteiger partial charge is 0.478 e.